The molecule has 0 bridgehead atoms. The van der Waals surface area contributed by atoms with Crippen LogP contribution in [0, 0.1) is 0 Å². The molecule has 8 heteroatoms. The Hall–Kier alpha value is -2.97. The number of nitrogens with one attached hydrogen (secondary N) is 1. The number of nitrogens with zero attached hydrogens (tertiary/aromatic N) is 3. The zero-order valence-electron chi connectivity index (χ0n) is 14.0. The highest BCUT2D eigenvalue weighted by Gasteiger charge is 2.29. The van der Waals surface area contributed by atoms with Crippen molar-refractivity contribution in [3.63, 3.8) is 0 Å². The lowest BCUT2D eigenvalue weighted by Gasteiger charge is -2.17. The van der Waals surface area contributed by atoms with Gasteiger partial charge in [-0.1, -0.05) is 30.3 Å². The van der Waals surface area contributed by atoms with Crippen LogP contribution >= 0.6 is 0 Å². The number of imidazole rings is 1. The molecule has 0 unspecified atom stereocenters. The van der Waals surface area contributed by atoms with Crippen molar-refractivity contribution in [2.75, 3.05) is 11.9 Å². The van der Waals surface area contributed by atoms with E-state index in [4.69, 9.17) is 0 Å². The monoisotopic (exact) mass is 368 g/mol. The largest absolute Gasteiger partial charge is 0.310 e. The first-order chi connectivity index (χ1) is 12.5. The lowest BCUT2D eigenvalue weighted by molar-refractivity contribution is 0.0987. The highest BCUT2D eigenvalue weighted by atomic mass is 32.2. The molecule has 26 heavy (non-hydrogen) atoms. The Labute approximate surface area is 151 Å². The van der Waals surface area contributed by atoms with Crippen molar-refractivity contribution in [2.45, 2.75) is 11.4 Å². The van der Waals surface area contributed by atoms with Crippen molar-refractivity contribution in [2.24, 2.45) is 0 Å². The molecule has 2 aromatic carbocycles. The van der Waals surface area contributed by atoms with Gasteiger partial charge in [0.15, 0.2) is 5.69 Å². The van der Waals surface area contributed by atoms with Crippen LogP contribution in [-0.4, -0.2) is 30.9 Å². The Morgan fingerprint density at radius 3 is 2.58 bits per heavy atom. The van der Waals surface area contributed by atoms with Crippen LogP contribution in [0.3, 0.4) is 0 Å². The molecular weight excluding hydrogens is 352 g/mol. The molecule has 4 rings (SSSR count). The van der Waals surface area contributed by atoms with E-state index in [2.05, 4.69) is 9.71 Å². The van der Waals surface area contributed by atoms with Gasteiger partial charge in [-0.3, -0.25) is 9.36 Å². The summed E-state index contributed by atoms with van der Waals surface area (Å²) in [6.45, 7) is -0.0132. The Morgan fingerprint density at radius 2 is 1.81 bits per heavy atom. The molecule has 0 spiro atoms. The van der Waals surface area contributed by atoms with Gasteiger partial charge in [0, 0.05) is 12.7 Å². The number of fused-ring (bicyclic) bond motifs is 3. The van der Waals surface area contributed by atoms with Crippen LogP contribution in [0.1, 0.15) is 16.2 Å². The van der Waals surface area contributed by atoms with Crippen LogP contribution in [0.25, 0.3) is 5.69 Å². The molecule has 1 amide bonds. The summed E-state index contributed by atoms with van der Waals surface area (Å²) in [5.74, 6) is -0.302. The number of carbonyl (C=O) groups excluding carboxylic acids is 1. The first-order valence-corrected chi connectivity index (χ1v) is 9.46. The molecule has 132 valence electrons. The summed E-state index contributed by atoms with van der Waals surface area (Å²) >= 11 is 0. The minimum Gasteiger partial charge on any atom is -0.310 e. The molecule has 1 aliphatic heterocycles. The Morgan fingerprint density at radius 1 is 1.12 bits per heavy atom. The van der Waals surface area contributed by atoms with Crippen LogP contribution in [0.5, 0.6) is 0 Å². The van der Waals surface area contributed by atoms with E-state index in [1.807, 2.05) is 30.3 Å². The quantitative estimate of drug-likeness (QED) is 0.749. The van der Waals surface area contributed by atoms with Gasteiger partial charge in [0.1, 0.15) is 11.2 Å². The second kappa shape index (κ2) is 6.08. The Kier molecular flexibility index (Phi) is 3.86. The summed E-state index contributed by atoms with van der Waals surface area (Å²) in [4.78, 5) is 18.9. The van der Waals surface area contributed by atoms with E-state index in [9.17, 15) is 13.2 Å². The molecular formula is C18H16N4O3S. The van der Waals surface area contributed by atoms with Crippen molar-refractivity contribution < 1.29 is 13.2 Å². The van der Waals surface area contributed by atoms with Crippen molar-refractivity contribution in [3.05, 3.63) is 72.3 Å². The van der Waals surface area contributed by atoms with Crippen molar-refractivity contribution in [1.82, 2.24) is 14.3 Å². The molecule has 7 nitrogen and oxygen atoms in total. The number of para-hydroxylation sites is 2. The maximum atomic E-state index is 12.9. The van der Waals surface area contributed by atoms with Gasteiger partial charge in [-0.15, -0.1) is 0 Å². The van der Waals surface area contributed by atoms with Crippen LogP contribution in [0.4, 0.5) is 5.69 Å². The number of amides is 1. The van der Waals surface area contributed by atoms with Gasteiger partial charge in [0.05, 0.1) is 17.9 Å². The van der Waals surface area contributed by atoms with E-state index in [0.717, 1.165) is 5.69 Å². The summed E-state index contributed by atoms with van der Waals surface area (Å²) in [6.07, 6.45) is 1.49. The Bertz CT molecular complexity index is 1090. The number of benzene rings is 2. The number of hydrogen-bond acceptors (Lipinski definition) is 4. The molecule has 1 N–H and O–H groups in total. The highest BCUT2D eigenvalue weighted by Crippen LogP contribution is 2.27. The third-order valence-corrected chi connectivity index (χ3v) is 5.81. The predicted molar refractivity (Wildman–Crippen MR) is 96.8 cm³/mol. The molecule has 0 radical (unpaired) electrons. The van der Waals surface area contributed by atoms with Crippen molar-refractivity contribution in [3.8, 4) is 5.69 Å². The molecule has 0 aliphatic carbocycles. The van der Waals surface area contributed by atoms with Crippen LogP contribution in [0.15, 0.2) is 65.8 Å². The second-order valence-corrected chi connectivity index (χ2v) is 7.64. The minimum atomic E-state index is -3.65. The lowest BCUT2D eigenvalue weighted by Crippen LogP contribution is -2.29. The van der Waals surface area contributed by atoms with E-state index < -0.39 is 10.0 Å². The van der Waals surface area contributed by atoms with Gasteiger partial charge < -0.3 is 4.90 Å². The van der Waals surface area contributed by atoms with Gasteiger partial charge in [0.2, 0.25) is 10.0 Å². The maximum Gasteiger partial charge on any atom is 0.278 e. The summed E-state index contributed by atoms with van der Waals surface area (Å²) < 4.78 is 29.1. The summed E-state index contributed by atoms with van der Waals surface area (Å²) in [6, 6.07) is 15.8. The van der Waals surface area contributed by atoms with E-state index in [1.165, 1.54) is 17.3 Å². The molecule has 0 fully saturated rings. The van der Waals surface area contributed by atoms with Gasteiger partial charge in [-0.05, 0) is 24.3 Å². The molecule has 2 heterocycles. The highest BCUT2D eigenvalue weighted by molar-refractivity contribution is 7.89. The van der Waals surface area contributed by atoms with Crippen molar-refractivity contribution in [1.29, 1.82) is 0 Å². The third-order valence-electron chi connectivity index (χ3n) is 4.36. The molecule has 0 saturated carbocycles. The first-order valence-electron chi connectivity index (χ1n) is 7.97. The summed E-state index contributed by atoms with van der Waals surface area (Å²) in [5.41, 5.74) is 1.93. The molecule has 1 aromatic heterocycles. The standard InChI is InChI=1S/C18H16N4O3S/c1-21(13-7-3-2-4-8-13)18(23)17-15-11-20-26(24,25)16-10-6-5-9-14(16)22(15)12-19-17/h2-10,12,20H,11H2,1H3. The van der Waals surface area contributed by atoms with Crippen LogP contribution < -0.4 is 9.62 Å². The van der Waals surface area contributed by atoms with E-state index in [1.54, 1.807) is 29.8 Å². The number of anilines is 1. The lowest BCUT2D eigenvalue weighted by atomic mass is 10.2. The maximum absolute atomic E-state index is 12.9. The fourth-order valence-corrected chi connectivity index (χ4v) is 4.16. The summed E-state index contributed by atoms with van der Waals surface area (Å²) in [7, 11) is -1.99. The molecule has 3 aromatic rings. The predicted octanol–water partition coefficient (Wildman–Crippen LogP) is 1.94. The third kappa shape index (κ3) is 2.59. The topological polar surface area (TPSA) is 84.3 Å². The van der Waals surface area contributed by atoms with Gasteiger partial charge >= 0.3 is 0 Å². The van der Waals surface area contributed by atoms with E-state index in [0.29, 0.717) is 11.4 Å². The average molecular weight is 368 g/mol. The average Bonchev–Trinajstić information content (AvgIpc) is 3.05. The van der Waals surface area contributed by atoms with E-state index in [-0.39, 0.29) is 23.0 Å². The fraction of sp³-hybridized carbons (Fsp3) is 0.111. The fourth-order valence-electron chi connectivity index (χ4n) is 2.98. The first kappa shape index (κ1) is 16.5. The Balaban J connectivity index is 1.81. The van der Waals surface area contributed by atoms with Crippen LogP contribution in [-0.2, 0) is 16.6 Å². The van der Waals surface area contributed by atoms with Gasteiger partial charge in [-0.2, -0.15) is 0 Å². The number of rotatable bonds is 2. The second-order valence-electron chi connectivity index (χ2n) is 5.90. The minimum absolute atomic E-state index is 0.0132. The number of aromatic nitrogens is 2. The molecule has 1 aliphatic rings. The SMILES string of the molecule is CN(C(=O)c1ncn2c1CNS(=O)(=O)c1ccccc1-2)c1ccccc1. The number of sulfonamides is 1. The van der Waals surface area contributed by atoms with Crippen molar-refractivity contribution >= 4 is 21.6 Å². The molecule has 0 saturated heterocycles. The van der Waals surface area contributed by atoms with Gasteiger partial charge in [0.25, 0.3) is 5.91 Å². The zero-order chi connectivity index (χ0) is 18.3. The van der Waals surface area contributed by atoms with Crippen LogP contribution in [0.2, 0.25) is 0 Å². The molecule has 0 atom stereocenters. The number of hydrogen-bond donors (Lipinski definition) is 1. The van der Waals surface area contributed by atoms with E-state index >= 15 is 0 Å². The van der Waals surface area contributed by atoms with Gasteiger partial charge in [-0.25, -0.2) is 18.1 Å². The normalized spacial score (nSPS) is 14.8. The number of carbonyl (C=O) groups is 1. The zero-order valence-corrected chi connectivity index (χ0v) is 14.8. The smallest absolute Gasteiger partial charge is 0.278 e. The summed E-state index contributed by atoms with van der Waals surface area (Å²) in [5, 5.41) is 0.